The van der Waals surface area contributed by atoms with Gasteiger partial charge in [0.05, 0.1) is 23.7 Å². The molecule has 2 unspecified atom stereocenters. The average Bonchev–Trinajstić information content (AvgIpc) is 2.74. The van der Waals surface area contributed by atoms with Gasteiger partial charge in [-0.05, 0) is 31.5 Å². The standard InChI is InChI=1S/C12H15ClN2O4S/c1-7-4-8(6-19-7)12(16)15-9-2-3-11(10(13)5-9)20(14,17)18/h2-3,5,7-8H,4,6H2,1H3,(H,15,16)(H2,14,17,18). The zero-order chi connectivity index (χ0) is 14.9. The Morgan fingerprint density at radius 2 is 2.20 bits per heavy atom. The third-order valence-corrected chi connectivity index (χ3v) is 4.47. The minimum absolute atomic E-state index is 0.0265. The number of nitrogens with two attached hydrogens (primary N) is 1. The van der Waals surface area contributed by atoms with Crippen LogP contribution in [0, 0.1) is 5.92 Å². The van der Waals surface area contributed by atoms with E-state index in [-0.39, 0.29) is 27.8 Å². The highest BCUT2D eigenvalue weighted by atomic mass is 35.5. The van der Waals surface area contributed by atoms with Gasteiger partial charge in [-0.1, -0.05) is 11.6 Å². The number of carbonyl (C=O) groups is 1. The number of anilines is 1. The van der Waals surface area contributed by atoms with Crippen molar-refractivity contribution in [1.29, 1.82) is 0 Å². The minimum Gasteiger partial charge on any atom is -0.378 e. The topological polar surface area (TPSA) is 98.5 Å². The highest BCUT2D eigenvalue weighted by Gasteiger charge is 2.28. The Labute approximate surface area is 122 Å². The normalized spacial score (nSPS) is 22.8. The van der Waals surface area contributed by atoms with Crippen LogP contribution in [0.1, 0.15) is 13.3 Å². The molecule has 1 aliphatic rings. The largest absolute Gasteiger partial charge is 0.378 e. The molecule has 110 valence electrons. The summed E-state index contributed by atoms with van der Waals surface area (Å²) in [6, 6.07) is 4.07. The fourth-order valence-electron chi connectivity index (χ4n) is 2.05. The molecule has 0 aromatic heterocycles. The average molecular weight is 319 g/mol. The third-order valence-electron chi connectivity index (χ3n) is 3.08. The van der Waals surface area contributed by atoms with E-state index in [4.69, 9.17) is 21.5 Å². The van der Waals surface area contributed by atoms with Gasteiger partial charge in [-0.15, -0.1) is 0 Å². The molecular formula is C12H15ClN2O4S. The quantitative estimate of drug-likeness (QED) is 0.878. The molecule has 0 saturated carbocycles. The van der Waals surface area contributed by atoms with E-state index in [2.05, 4.69) is 5.32 Å². The number of hydrogen-bond acceptors (Lipinski definition) is 4. The van der Waals surface area contributed by atoms with E-state index in [0.29, 0.717) is 18.7 Å². The first-order valence-corrected chi connectivity index (χ1v) is 7.94. The minimum atomic E-state index is -3.87. The van der Waals surface area contributed by atoms with Crippen LogP contribution in [-0.4, -0.2) is 27.0 Å². The molecule has 6 nitrogen and oxygen atoms in total. The van der Waals surface area contributed by atoms with Gasteiger partial charge in [-0.25, -0.2) is 13.6 Å². The van der Waals surface area contributed by atoms with Crippen LogP contribution in [0.25, 0.3) is 0 Å². The zero-order valence-electron chi connectivity index (χ0n) is 10.8. The highest BCUT2D eigenvalue weighted by Crippen LogP contribution is 2.25. The van der Waals surface area contributed by atoms with Gasteiger partial charge >= 0.3 is 0 Å². The van der Waals surface area contributed by atoms with Crippen molar-refractivity contribution < 1.29 is 17.9 Å². The molecule has 1 aromatic carbocycles. The van der Waals surface area contributed by atoms with Crippen LogP contribution in [0.4, 0.5) is 5.69 Å². The lowest BCUT2D eigenvalue weighted by Crippen LogP contribution is -2.23. The number of hydrogen-bond donors (Lipinski definition) is 2. The van der Waals surface area contributed by atoms with E-state index < -0.39 is 10.0 Å². The van der Waals surface area contributed by atoms with Crippen LogP contribution in [0.2, 0.25) is 5.02 Å². The lowest BCUT2D eigenvalue weighted by Gasteiger charge is -2.10. The molecule has 1 heterocycles. The van der Waals surface area contributed by atoms with E-state index in [1.54, 1.807) is 0 Å². The first-order chi connectivity index (χ1) is 9.27. The number of benzene rings is 1. The summed E-state index contributed by atoms with van der Waals surface area (Å²) in [6.45, 7) is 2.29. The Kier molecular flexibility index (Phi) is 4.33. The summed E-state index contributed by atoms with van der Waals surface area (Å²) >= 11 is 5.85. The summed E-state index contributed by atoms with van der Waals surface area (Å²) < 4.78 is 27.8. The molecule has 0 spiro atoms. The van der Waals surface area contributed by atoms with Crippen molar-refractivity contribution in [2.75, 3.05) is 11.9 Å². The number of primary sulfonamides is 1. The van der Waals surface area contributed by atoms with Crippen LogP contribution < -0.4 is 10.5 Å². The number of carbonyl (C=O) groups excluding carboxylic acids is 1. The van der Waals surface area contributed by atoms with Crippen LogP contribution >= 0.6 is 11.6 Å². The second-order valence-electron chi connectivity index (χ2n) is 4.76. The molecule has 1 amide bonds. The molecule has 3 N–H and O–H groups in total. The van der Waals surface area contributed by atoms with Gasteiger partial charge in [0.1, 0.15) is 4.90 Å². The van der Waals surface area contributed by atoms with E-state index in [9.17, 15) is 13.2 Å². The number of ether oxygens (including phenoxy) is 1. The van der Waals surface area contributed by atoms with Crippen molar-refractivity contribution >= 4 is 33.2 Å². The molecule has 20 heavy (non-hydrogen) atoms. The molecule has 0 radical (unpaired) electrons. The van der Waals surface area contributed by atoms with Crippen LogP contribution in [0.15, 0.2) is 23.1 Å². The van der Waals surface area contributed by atoms with E-state index in [1.807, 2.05) is 6.92 Å². The summed E-state index contributed by atoms with van der Waals surface area (Å²) in [4.78, 5) is 11.8. The maximum atomic E-state index is 12.0. The van der Waals surface area contributed by atoms with E-state index in [0.717, 1.165) is 0 Å². The van der Waals surface area contributed by atoms with Gasteiger partial charge in [0, 0.05) is 5.69 Å². The SMILES string of the molecule is CC1CC(C(=O)Nc2ccc(S(N)(=O)=O)c(Cl)c2)CO1. The lowest BCUT2D eigenvalue weighted by molar-refractivity contribution is -0.119. The predicted molar refractivity (Wildman–Crippen MR) is 75.0 cm³/mol. The Bertz CT molecular complexity index is 632. The van der Waals surface area contributed by atoms with Gasteiger partial charge in [0.25, 0.3) is 0 Å². The molecule has 2 rings (SSSR count). The summed E-state index contributed by atoms with van der Waals surface area (Å²) in [5.74, 6) is -0.379. The van der Waals surface area contributed by atoms with E-state index in [1.165, 1.54) is 18.2 Å². The van der Waals surface area contributed by atoms with Gasteiger partial charge in [-0.3, -0.25) is 4.79 Å². The summed E-state index contributed by atoms with van der Waals surface area (Å²) in [7, 11) is -3.87. The van der Waals surface area contributed by atoms with Crippen LogP contribution in [0.5, 0.6) is 0 Å². The number of sulfonamides is 1. The molecule has 1 aromatic rings. The molecule has 0 aliphatic carbocycles. The molecule has 1 fully saturated rings. The van der Waals surface area contributed by atoms with Gasteiger partial charge in [0.2, 0.25) is 15.9 Å². The summed E-state index contributed by atoms with van der Waals surface area (Å²) in [6.07, 6.45) is 0.730. The second kappa shape index (κ2) is 5.69. The lowest BCUT2D eigenvalue weighted by atomic mass is 10.1. The third kappa shape index (κ3) is 3.49. The highest BCUT2D eigenvalue weighted by molar-refractivity contribution is 7.89. The molecule has 0 bridgehead atoms. The van der Waals surface area contributed by atoms with Crippen molar-refractivity contribution in [3.63, 3.8) is 0 Å². The van der Waals surface area contributed by atoms with Crippen LogP contribution in [0.3, 0.4) is 0 Å². The van der Waals surface area contributed by atoms with Crippen molar-refractivity contribution in [2.24, 2.45) is 11.1 Å². The molecule has 8 heteroatoms. The molecule has 2 atom stereocenters. The van der Waals surface area contributed by atoms with Crippen LogP contribution in [-0.2, 0) is 19.6 Å². The number of nitrogens with one attached hydrogen (secondary N) is 1. The Morgan fingerprint density at radius 3 is 2.70 bits per heavy atom. The Balaban J connectivity index is 2.11. The summed E-state index contributed by atoms with van der Waals surface area (Å²) in [5, 5.41) is 7.67. The number of rotatable bonds is 3. The van der Waals surface area contributed by atoms with Gasteiger partial charge in [-0.2, -0.15) is 0 Å². The number of amides is 1. The fraction of sp³-hybridized carbons (Fsp3) is 0.417. The Hall–Kier alpha value is -1.15. The van der Waals surface area contributed by atoms with Crippen molar-refractivity contribution in [2.45, 2.75) is 24.3 Å². The maximum Gasteiger partial charge on any atom is 0.239 e. The van der Waals surface area contributed by atoms with Gasteiger partial charge in [0.15, 0.2) is 0 Å². The summed E-state index contributed by atoms with van der Waals surface area (Å²) in [5.41, 5.74) is 0.423. The molecule has 1 saturated heterocycles. The first-order valence-electron chi connectivity index (χ1n) is 6.02. The predicted octanol–water partition coefficient (Wildman–Crippen LogP) is 1.35. The molecule has 1 aliphatic heterocycles. The smallest absolute Gasteiger partial charge is 0.239 e. The van der Waals surface area contributed by atoms with Crippen molar-refractivity contribution in [3.8, 4) is 0 Å². The zero-order valence-corrected chi connectivity index (χ0v) is 12.4. The fourth-order valence-corrected chi connectivity index (χ4v) is 3.15. The number of halogens is 1. The van der Waals surface area contributed by atoms with Crippen molar-refractivity contribution in [1.82, 2.24) is 0 Å². The van der Waals surface area contributed by atoms with Gasteiger partial charge < -0.3 is 10.1 Å². The Morgan fingerprint density at radius 1 is 1.50 bits per heavy atom. The second-order valence-corrected chi connectivity index (χ2v) is 6.69. The maximum absolute atomic E-state index is 12.0. The molecular weight excluding hydrogens is 304 g/mol. The monoisotopic (exact) mass is 318 g/mol. The van der Waals surface area contributed by atoms with Crippen molar-refractivity contribution in [3.05, 3.63) is 23.2 Å². The first kappa shape index (κ1) is 15.2. The van der Waals surface area contributed by atoms with E-state index >= 15 is 0 Å².